The SMILES string of the molecule is Nc1c(F)c(F)c(F)c(S(=O)(=O)N2CCC(O)(CO)CC2)c1NC(=O)c1ccccc1. The van der Waals surface area contributed by atoms with Crippen LogP contribution in [0.1, 0.15) is 23.2 Å². The number of nitrogens with zero attached hydrogens (tertiary/aromatic N) is 1. The Morgan fingerprint density at radius 2 is 1.68 bits per heavy atom. The lowest BCUT2D eigenvalue weighted by Gasteiger charge is -2.36. The zero-order chi connectivity index (χ0) is 23.0. The van der Waals surface area contributed by atoms with Crippen LogP contribution >= 0.6 is 0 Å². The second kappa shape index (κ2) is 8.46. The molecule has 168 valence electrons. The number of rotatable bonds is 5. The van der Waals surface area contributed by atoms with Gasteiger partial charge in [0.1, 0.15) is 4.90 Å². The number of piperidine rings is 1. The number of carbonyl (C=O) groups is 1. The molecule has 2 aromatic rings. The summed E-state index contributed by atoms with van der Waals surface area (Å²) in [5.41, 5.74) is 2.05. The Morgan fingerprint density at radius 1 is 1.10 bits per heavy atom. The number of nitrogens with one attached hydrogen (secondary N) is 1. The van der Waals surface area contributed by atoms with Crippen molar-refractivity contribution >= 4 is 27.3 Å². The number of benzene rings is 2. The van der Waals surface area contributed by atoms with Gasteiger partial charge in [-0.25, -0.2) is 21.6 Å². The van der Waals surface area contributed by atoms with Crippen LogP contribution in [0, 0.1) is 17.5 Å². The minimum Gasteiger partial charge on any atom is -0.395 e. The highest BCUT2D eigenvalue weighted by atomic mass is 32.2. The standard InChI is InChI=1S/C19H20F3N3O5S/c20-12-13(21)15(23)16(24-18(27)11-4-2-1-3-5-11)17(14(12)22)31(29,30)25-8-6-19(28,10-26)7-9-25/h1-5,26,28H,6-10,23H2,(H,24,27). The quantitative estimate of drug-likeness (QED) is 0.395. The highest BCUT2D eigenvalue weighted by Gasteiger charge is 2.41. The molecule has 1 fully saturated rings. The van der Waals surface area contributed by atoms with Crippen LogP contribution in [-0.2, 0) is 10.0 Å². The molecule has 1 amide bonds. The van der Waals surface area contributed by atoms with E-state index < -0.39 is 61.9 Å². The van der Waals surface area contributed by atoms with Crippen molar-refractivity contribution in [3.05, 3.63) is 53.3 Å². The molecule has 12 heteroatoms. The Balaban J connectivity index is 2.08. The summed E-state index contributed by atoms with van der Waals surface area (Å²) in [4.78, 5) is 11.2. The van der Waals surface area contributed by atoms with E-state index >= 15 is 0 Å². The van der Waals surface area contributed by atoms with Crippen molar-refractivity contribution in [2.75, 3.05) is 30.7 Å². The molecule has 1 aliphatic rings. The summed E-state index contributed by atoms with van der Waals surface area (Å²) in [6, 6.07) is 7.38. The number of aliphatic hydroxyl groups is 2. The summed E-state index contributed by atoms with van der Waals surface area (Å²) in [5, 5.41) is 21.4. The fourth-order valence-corrected chi connectivity index (χ4v) is 4.88. The average molecular weight is 459 g/mol. The number of halogens is 3. The molecule has 0 atom stereocenters. The number of hydrogen-bond donors (Lipinski definition) is 4. The number of nitrogen functional groups attached to an aromatic ring is 1. The van der Waals surface area contributed by atoms with Crippen LogP contribution < -0.4 is 11.1 Å². The van der Waals surface area contributed by atoms with Gasteiger partial charge in [0.2, 0.25) is 10.0 Å². The first kappa shape index (κ1) is 23.0. The molecule has 1 heterocycles. The fraction of sp³-hybridized carbons (Fsp3) is 0.316. The van der Waals surface area contributed by atoms with Gasteiger partial charge in [-0.1, -0.05) is 18.2 Å². The maximum atomic E-state index is 14.7. The fourth-order valence-electron chi connectivity index (χ4n) is 3.23. The van der Waals surface area contributed by atoms with Crippen molar-refractivity contribution in [3.63, 3.8) is 0 Å². The molecule has 0 radical (unpaired) electrons. The van der Waals surface area contributed by atoms with Crippen molar-refractivity contribution in [2.24, 2.45) is 0 Å². The number of nitrogens with two attached hydrogens (primary N) is 1. The summed E-state index contributed by atoms with van der Waals surface area (Å²) in [6.07, 6.45) is -0.343. The zero-order valence-electron chi connectivity index (χ0n) is 16.1. The summed E-state index contributed by atoms with van der Waals surface area (Å²) in [7, 11) is -4.81. The van der Waals surface area contributed by atoms with Crippen LogP contribution in [-0.4, -0.2) is 54.1 Å². The van der Waals surface area contributed by atoms with E-state index in [0.29, 0.717) is 0 Å². The maximum absolute atomic E-state index is 14.7. The van der Waals surface area contributed by atoms with Gasteiger partial charge in [-0.2, -0.15) is 4.31 Å². The molecule has 0 spiro atoms. The summed E-state index contributed by atoms with van der Waals surface area (Å²) < 4.78 is 69.8. The predicted molar refractivity (Wildman–Crippen MR) is 105 cm³/mol. The van der Waals surface area contributed by atoms with Gasteiger partial charge < -0.3 is 21.3 Å². The smallest absolute Gasteiger partial charge is 0.255 e. The molecule has 1 aliphatic heterocycles. The van der Waals surface area contributed by atoms with E-state index in [-0.39, 0.29) is 31.5 Å². The Hall–Kier alpha value is -2.67. The molecule has 0 aliphatic carbocycles. The number of amides is 1. The van der Waals surface area contributed by atoms with Gasteiger partial charge in [0.25, 0.3) is 5.91 Å². The van der Waals surface area contributed by atoms with E-state index in [0.717, 1.165) is 4.31 Å². The molecule has 31 heavy (non-hydrogen) atoms. The first-order valence-electron chi connectivity index (χ1n) is 9.17. The van der Waals surface area contributed by atoms with E-state index in [1.807, 2.05) is 0 Å². The van der Waals surface area contributed by atoms with Crippen LogP contribution in [0.25, 0.3) is 0 Å². The molecular formula is C19H20F3N3O5S. The van der Waals surface area contributed by atoms with Crippen molar-refractivity contribution in [1.29, 1.82) is 0 Å². The van der Waals surface area contributed by atoms with Crippen LogP contribution in [0.3, 0.4) is 0 Å². The third-order valence-corrected chi connectivity index (χ3v) is 7.08. The minimum atomic E-state index is -4.81. The van der Waals surface area contributed by atoms with Crippen LogP contribution in [0.15, 0.2) is 35.2 Å². The van der Waals surface area contributed by atoms with Crippen LogP contribution in [0.2, 0.25) is 0 Å². The molecule has 1 saturated heterocycles. The lowest BCUT2D eigenvalue weighted by atomic mass is 9.94. The molecule has 5 N–H and O–H groups in total. The van der Waals surface area contributed by atoms with Crippen LogP contribution in [0.4, 0.5) is 24.5 Å². The summed E-state index contributed by atoms with van der Waals surface area (Å²) in [5.74, 6) is -6.88. The third kappa shape index (κ3) is 4.24. The Kier molecular flexibility index (Phi) is 6.28. The summed E-state index contributed by atoms with van der Waals surface area (Å²) >= 11 is 0. The van der Waals surface area contributed by atoms with Gasteiger partial charge in [0.05, 0.1) is 23.6 Å². The van der Waals surface area contributed by atoms with E-state index in [1.165, 1.54) is 24.3 Å². The number of carbonyl (C=O) groups excluding carboxylic acids is 1. The second-order valence-electron chi connectivity index (χ2n) is 7.17. The molecule has 0 unspecified atom stereocenters. The monoisotopic (exact) mass is 459 g/mol. The largest absolute Gasteiger partial charge is 0.395 e. The van der Waals surface area contributed by atoms with E-state index in [9.17, 15) is 36.6 Å². The number of sulfonamides is 1. The normalized spacial score (nSPS) is 16.8. The van der Waals surface area contributed by atoms with Crippen LogP contribution in [0.5, 0.6) is 0 Å². The topological polar surface area (TPSA) is 133 Å². The third-order valence-electron chi connectivity index (χ3n) is 5.14. The predicted octanol–water partition coefficient (Wildman–Crippen LogP) is 1.45. The molecule has 0 bridgehead atoms. The van der Waals surface area contributed by atoms with Gasteiger partial charge in [-0.15, -0.1) is 0 Å². The van der Waals surface area contributed by atoms with Crippen molar-refractivity contribution in [2.45, 2.75) is 23.3 Å². The Labute approximate surface area is 176 Å². The lowest BCUT2D eigenvalue weighted by Crippen LogP contribution is -2.48. The molecule has 2 aromatic carbocycles. The lowest BCUT2D eigenvalue weighted by molar-refractivity contribution is -0.0480. The van der Waals surface area contributed by atoms with E-state index in [1.54, 1.807) is 6.07 Å². The average Bonchev–Trinajstić information content (AvgIpc) is 2.76. The highest BCUT2D eigenvalue weighted by molar-refractivity contribution is 7.89. The van der Waals surface area contributed by atoms with Crippen molar-refractivity contribution in [3.8, 4) is 0 Å². The Bertz CT molecular complexity index is 1100. The zero-order valence-corrected chi connectivity index (χ0v) is 16.9. The molecule has 3 rings (SSSR count). The first-order valence-corrected chi connectivity index (χ1v) is 10.6. The number of aliphatic hydroxyl groups excluding tert-OH is 1. The van der Waals surface area contributed by atoms with Crippen molar-refractivity contribution in [1.82, 2.24) is 4.31 Å². The van der Waals surface area contributed by atoms with Gasteiger partial charge in [-0.3, -0.25) is 4.79 Å². The Morgan fingerprint density at radius 3 is 2.23 bits per heavy atom. The highest BCUT2D eigenvalue weighted by Crippen LogP contribution is 2.38. The first-order chi connectivity index (χ1) is 14.5. The van der Waals surface area contributed by atoms with Gasteiger partial charge in [-0.05, 0) is 25.0 Å². The number of anilines is 2. The number of hydrogen-bond acceptors (Lipinski definition) is 6. The van der Waals surface area contributed by atoms with E-state index in [4.69, 9.17) is 5.73 Å². The molecular weight excluding hydrogens is 439 g/mol. The van der Waals surface area contributed by atoms with Crippen molar-refractivity contribution < 1.29 is 36.6 Å². The summed E-state index contributed by atoms with van der Waals surface area (Å²) in [6.45, 7) is -1.26. The van der Waals surface area contributed by atoms with Gasteiger partial charge in [0.15, 0.2) is 17.5 Å². The molecule has 8 nitrogen and oxygen atoms in total. The van der Waals surface area contributed by atoms with E-state index in [2.05, 4.69) is 5.32 Å². The maximum Gasteiger partial charge on any atom is 0.255 e. The second-order valence-corrected chi connectivity index (χ2v) is 9.04. The molecule has 0 saturated carbocycles. The molecule has 0 aromatic heterocycles. The van der Waals surface area contributed by atoms with Gasteiger partial charge >= 0.3 is 0 Å². The minimum absolute atomic E-state index is 0.0429. The van der Waals surface area contributed by atoms with Gasteiger partial charge in [0, 0.05) is 18.7 Å².